The van der Waals surface area contributed by atoms with E-state index in [1.807, 2.05) is 37.3 Å². The van der Waals surface area contributed by atoms with Crippen molar-refractivity contribution in [1.29, 1.82) is 0 Å². The second-order valence-electron chi connectivity index (χ2n) is 5.06. The standard InChI is InChI=1S/C17H20N2O5/c1-13(14-7-4-3-5-8-14)19-12-18-11-15(19)16(20)23-9-6-10-24-17(21)22-2/h3-5,7-8,11-13H,6,9-10H2,1-2H3. The summed E-state index contributed by atoms with van der Waals surface area (Å²) in [7, 11) is 1.23. The van der Waals surface area contributed by atoms with Crippen molar-refractivity contribution in [2.75, 3.05) is 20.3 Å². The van der Waals surface area contributed by atoms with E-state index in [2.05, 4.69) is 9.72 Å². The fourth-order valence-electron chi connectivity index (χ4n) is 2.18. The number of carbonyl (C=O) groups excluding carboxylic acids is 2. The number of methoxy groups -OCH3 is 1. The molecular weight excluding hydrogens is 312 g/mol. The van der Waals surface area contributed by atoms with E-state index in [4.69, 9.17) is 9.47 Å². The number of carbonyl (C=O) groups is 2. The maximum atomic E-state index is 12.2. The molecule has 0 amide bonds. The lowest BCUT2D eigenvalue weighted by Gasteiger charge is -2.16. The zero-order valence-electron chi connectivity index (χ0n) is 13.7. The number of hydrogen-bond acceptors (Lipinski definition) is 6. The van der Waals surface area contributed by atoms with E-state index in [1.54, 1.807) is 10.9 Å². The van der Waals surface area contributed by atoms with E-state index < -0.39 is 12.1 Å². The molecule has 7 heteroatoms. The summed E-state index contributed by atoms with van der Waals surface area (Å²) in [5.74, 6) is -0.464. The van der Waals surface area contributed by atoms with Gasteiger partial charge >= 0.3 is 12.1 Å². The number of nitrogens with zero attached hydrogens (tertiary/aromatic N) is 2. The SMILES string of the molecule is COC(=O)OCCCOC(=O)c1cncn1C(C)c1ccccc1. The summed E-state index contributed by atoms with van der Waals surface area (Å²) in [6.45, 7) is 2.25. The van der Waals surface area contributed by atoms with Crippen LogP contribution >= 0.6 is 0 Å². The zero-order valence-corrected chi connectivity index (χ0v) is 13.7. The average Bonchev–Trinajstić information content (AvgIpc) is 3.11. The molecule has 0 N–H and O–H groups in total. The summed E-state index contributed by atoms with van der Waals surface area (Å²) in [6, 6.07) is 9.77. The molecule has 2 aromatic rings. The number of rotatable bonds is 7. The summed E-state index contributed by atoms with van der Waals surface area (Å²) >= 11 is 0. The molecule has 0 aliphatic heterocycles. The third kappa shape index (κ3) is 4.58. The fourth-order valence-corrected chi connectivity index (χ4v) is 2.18. The highest BCUT2D eigenvalue weighted by atomic mass is 16.7. The van der Waals surface area contributed by atoms with Crippen LogP contribution in [0.4, 0.5) is 4.79 Å². The lowest BCUT2D eigenvalue weighted by Crippen LogP contribution is -2.16. The molecular formula is C17H20N2O5. The second kappa shape index (κ2) is 8.71. The van der Waals surface area contributed by atoms with Crippen LogP contribution in [0.15, 0.2) is 42.9 Å². The quantitative estimate of drug-likeness (QED) is 0.573. The largest absolute Gasteiger partial charge is 0.507 e. The van der Waals surface area contributed by atoms with Gasteiger partial charge < -0.3 is 18.8 Å². The van der Waals surface area contributed by atoms with Crippen molar-refractivity contribution < 1.29 is 23.8 Å². The van der Waals surface area contributed by atoms with Crippen LogP contribution in [-0.2, 0) is 14.2 Å². The minimum Gasteiger partial charge on any atom is -0.461 e. The second-order valence-corrected chi connectivity index (χ2v) is 5.06. The van der Waals surface area contributed by atoms with Gasteiger partial charge in [-0.3, -0.25) is 0 Å². The predicted molar refractivity (Wildman–Crippen MR) is 85.7 cm³/mol. The van der Waals surface area contributed by atoms with Crippen molar-refractivity contribution in [2.24, 2.45) is 0 Å². The smallest absolute Gasteiger partial charge is 0.461 e. The summed E-state index contributed by atoms with van der Waals surface area (Å²) in [5, 5.41) is 0. The number of aromatic nitrogens is 2. The lowest BCUT2D eigenvalue weighted by atomic mass is 10.1. The van der Waals surface area contributed by atoms with Crippen LogP contribution in [0.2, 0.25) is 0 Å². The maximum absolute atomic E-state index is 12.2. The minimum absolute atomic E-state index is 0.0427. The highest BCUT2D eigenvalue weighted by Gasteiger charge is 2.18. The predicted octanol–water partition coefficient (Wildman–Crippen LogP) is 2.82. The first-order valence-corrected chi connectivity index (χ1v) is 7.58. The molecule has 0 bridgehead atoms. The highest BCUT2D eigenvalue weighted by molar-refractivity contribution is 5.87. The summed E-state index contributed by atoms with van der Waals surface area (Å²) in [6.07, 6.45) is 2.72. The Kier molecular flexibility index (Phi) is 6.36. The highest BCUT2D eigenvalue weighted by Crippen LogP contribution is 2.19. The average molecular weight is 332 g/mol. The monoisotopic (exact) mass is 332 g/mol. The zero-order chi connectivity index (χ0) is 17.4. The van der Waals surface area contributed by atoms with Gasteiger partial charge in [-0.2, -0.15) is 0 Å². The number of benzene rings is 1. The van der Waals surface area contributed by atoms with Crippen molar-refractivity contribution >= 4 is 12.1 Å². The lowest BCUT2D eigenvalue weighted by molar-refractivity contribution is 0.0419. The maximum Gasteiger partial charge on any atom is 0.507 e. The molecule has 0 aliphatic rings. The van der Waals surface area contributed by atoms with Gasteiger partial charge in [0.1, 0.15) is 5.69 Å². The van der Waals surface area contributed by atoms with Crippen molar-refractivity contribution in [1.82, 2.24) is 9.55 Å². The van der Waals surface area contributed by atoms with E-state index in [1.165, 1.54) is 13.3 Å². The molecule has 0 aliphatic carbocycles. The third-order valence-electron chi connectivity index (χ3n) is 3.48. The van der Waals surface area contributed by atoms with Crippen molar-refractivity contribution in [3.05, 3.63) is 54.1 Å². The van der Waals surface area contributed by atoms with Crippen molar-refractivity contribution in [3.8, 4) is 0 Å². The first-order chi connectivity index (χ1) is 11.6. The van der Waals surface area contributed by atoms with E-state index in [0.717, 1.165) is 5.56 Å². The number of esters is 1. The molecule has 0 saturated heterocycles. The van der Waals surface area contributed by atoms with Crippen LogP contribution < -0.4 is 0 Å². The molecule has 1 aromatic heterocycles. The van der Waals surface area contributed by atoms with Crippen LogP contribution in [0.25, 0.3) is 0 Å². The Morgan fingerprint density at radius 1 is 1.17 bits per heavy atom. The molecule has 1 heterocycles. The molecule has 1 atom stereocenters. The van der Waals surface area contributed by atoms with Gasteiger partial charge in [-0.1, -0.05) is 30.3 Å². The molecule has 1 unspecified atom stereocenters. The van der Waals surface area contributed by atoms with Gasteiger partial charge in [0.25, 0.3) is 0 Å². The van der Waals surface area contributed by atoms with Gasteiger partial charge in [0, 0.05) is 6.42 Å². The molecule has 128 valence electrons. The number of imidazole rings is 1. The Morgan fingerprint density at radius 3 is 2.58 bits per heavy atom. The Labute approximate surface area is 140 Å². The number of hydrogen-bond donors (Lipinski definition) is 0. The van der Waals surface area contributed by atoms with E-state index in [-0.39, 0.29) is 19.3 Å². The topological polar surface area (TPSA) is 79.7 Å². The van der Waals surface area contributed by atoms with Gasteiger partial charge in [-0.15, -0.1) is 0 Å². The third-order valence-corrected chi connectivity index (χ3v) is 3.48. The van der Waals surface area contributed by atoms with Crippen LogP contribution in [0, 0.1) is 0 Å². The van der Waals surface area contributed by atoms with Gasteiger partial charge in [0.15, 0.2) is 0 Å². The van der Waals surface area contributed by atoms with E-state index in [0.29, 0.717) is 12.1 Å². The van der Waals surface area contributed by atoms with Crippen LogP contribution in [0.5, 0.6) is 0 Å². The normalized spacial score (nSPS) is 11.6. The van der Waals surface area contributed by atoms with Crippen LogP contribution in [0.1, 0.15) is 35.4 Å². The van der Waals surface area contributed by atoms with E-state index in [9.17, 15) is 9.59 Å². The Hall–Kier alpha value is -2.83. The van der Waals surface area contributed by atoms with Crippen LogP contribution in [-0.4, -0.2) is 42.0 Å². The van der Waals surface area contributed by atoms with Crippen LogP contribution in [0.3, 0.4) is 0 Å². The Balaban J connectivity index is 1.90. The molecule has 0 saturated carbocycles. The van der Waals surface area contributed by atoms with Gasteiger partial charge in [0.2, 0.25) is 0 Å². The molecule has 1 aromatic carbocycles. The first-order valence-electron chi connectivity index (χ1n) is 7.58. The summed E-state index contributed by atoms with van der Waals surface area (Å²) in [4.78, 5) is 27.0. The van der Waals surface area contributed by atoms with Crippen molar-refractivity contribution in [2.45, 2.75) is 19.4 Å². The molecule has 7 nitrogen and oxygen atoms in total. The van der Waals surface area contributed by atoms with Crippen molar-refractivity contribution in [3.63, 3.8) is 0 Å². The molecule has 0 fully saturated rings. The van der Waals surface area contributed by atoms with Gasteiger partial charge in [-0.25, -0.2) is 14.6 Å². The number of ether oxygens (including phenoxy) is 3. The molecule has 0 radical (unpaired) electrons. The van der Waals surface area contributed by atoms with Gasteiger partial charge in [-0.05, 0) is 12.5 Å². The molecule has 2 rings (SSSR count). The summed E-state index contributed by atoms with van der Waals surface area (Å²) in [5.41, 5.74) is 1.44. The van der Waals surface area contributed by atoms with E-state index >= 15 is 0 Å². The Bertz CT molecular complexity index is 669. The van der Waals surface area contributed by atoms with Gasteiger partial charge in [0.05, 0.1) is 38.9 Å². The Morgan fingerprint density at radius 2 is 1.88 bits per heavy atom. The molecule has 24 heavy (non-hydrogen) atoms. The summed E-state index contributed by atoms with van der Waals surface area (Å²) < 4.78 is 16.0. The first kappa shape index (κ1) is 17.5. The fraction of sp³-hybridized carbons (Fsp3) is 0.353. The minimum atomic E-state index is -0.754. The molecule has 0 spiro atoms.